The van der Waals surface area contributed by atoms with Crippen LogP contribution >= 0.6 is 0 Å². The van der Waals surface area contributed by atoms with Crippen LogP contribution in [0.25, 0.3) is 6.08 Å². The molecule has 2 atom stereocenters. The van der Waals surface area contributed by atoms with Crippen molar-refractivity contribution < 1.29 is 4.79 Å². The zero-order valence-corrected chi connectivity index (χ0v) is 18.8. The molecule has 32 heavy (non-hydrogen) atoms. The van der Waals surface area contributed by atoms with Crippen LogP contribution in [0.3, 0.4) is 0 Å². The maximum absolute atomic E-state index is 11.9. The number of H-pyrrole nitrogens is 1. The van der Waals surface area contributed by atoms with Gasteiger partial charge in [0.15, 0.2) is 0 Å². The van der Waals surface area contributed by atoms with Crippen LogP contribution in [0.5, 0.6) is 0 Å². The molecular weight excluding hydrogens is 398 g/mol. The molecule has 0 spiro atoms. The first-order chi connectivity index (χ1) is 15.5. The fourth-order valence-electron chi connectivity index (χ4n) is 4.98. The molecule has 0 saturated carbocycles. The Bertz CT molecular complexity index is 1200. The number of nitrogens with zero attached hydrogens (tertiary/aromatic N) is 1. The SMILES string of the molecule is C/C=C1\[C@H]2C=C(C)C[C@]1(N=CC=Cc1ccc(C(=O)NCC)cc1)c1ccc(=O)[nH]c1C2. The molecule has 4 rings (SSSR count). The second kappa shape index (κ2) is 8.95. The summed E-state index contributed by atoms with van der Waals surface area (Å²) < 4.78 is 0. The van der Waals surface area contributed by atoms with Crippen molar-refractivity contribution in [3.63, 3.8) is 0 Å². The van der Waals surface area contributed by atoms with Crippen molar-refractivity contribution in [1.82, 2.24) is 10.3 Å². The van der Waals surface area contributed by atoms with E-state index < -0.39 is 5.54 Å². The minimum absolute atomic E-state index is 0.0631. The van der Waals surface area contributed by atoms with Crippen molar-refractivity contribution in [3.05, 3.63) is 98.5 Å². The van der Waals surface area contributed by atoms with Gasteiger partial charge in [0.25, 0.3) is 5.91 Å². The molecule has 164 valence electrons. The van der Waals surface area contributed by atoms with Crippen LogP contribution in [0, 0.1) is 5.92 Å². The van der Waals surface area contributed by atoms with E-state index in [0.717, 1.165) is 29.7 Å². The molecule has 5 heteroatoms. The number of carbonyl (C=O) groups excluding carboxylic acids is 1. The van der Waals surface area contributed by atoms with Gasteiger partial charge in [-0.05, 0) is 62.6 Å². The van der Waals surface area contributed by atoms with Crippen LogP contribution < -0.4 is 10.9 Å². The Labute approximate surface area is 188 Å². The number of aliphatic imine (C=N–C) groups is 1. The Morgan fingerprint density at radius 1 is 1.25 bits per heavy atom. The fraction of sp³-hybridized carbons (Fsp3) is 0.296. The molecule has 5 nitrogen and oxygen atoms in total. The largest absolute Gasteiger partial charge is 0.352 e. The third-order valence-corrected chi connectivity index (χ3v) is 6.26. The minimum atomic E-state index is -0.484. The van der Waals surface area contributed by atoms with Gasteiger partial charge in [-0.15, -0.1) is 0 Å². The molecule has 2 bridgehead atoms. The topological polar surface area (TPSA) is 74.3 Å². The number of pyridine rings is 1. The van der Waals surface area contributed by atoms with Crippen LogP contribution in [0.2, 0.25) is 0 Å². The van der Waals surface area contributed by atoms with Gasteiger partial charge in [-0.25, -0.2) is 0 Å². The lowest BCUT2D eigenvalue weighted by Gasteiger charge is -2.45. The molecule has 0 saturated heterocycles. The number of aromatic amines is 1. The monoisotopic (exact) mass is 427 g/mol. The summed E-state index contributed by atoms with van der Waals surface area (Å²) in [5.41, 5.74) is 5.78. The number of allylic oxidation sites excluding steroid dienone is 3. The van der Waals surface area contributed by atoms with Crippen LogP contribution in [0.1, 0.15) is 54.4 Å². The van der Waals surface area contributed by atoms with Crippen LogP contribution in [0.15, 0.2) is 75.6 Å². The van der Waals surface area contributed by atoms with Gasteiger partial charge in [0.1, 0.15) is 5.54 Å². The summed E-state index contributed by atoms with van der Waals surface area (Å²) in [6, 6.07) is 11.0. The summed E-state index contributed by atoms with van der Waals surface area (Å²) in [6.07, 6.45) is 11.9. The lowest BCUT2D eigenvalue weighted by Crippen LogP contribution is -2.40. The van der Waals surface area contributed by atoms with Gasteiger partial charge in [0.05, 0.1) is 0 Å². The lowest BCUT2D eigenvalue weighted by molar-refractivity contribution is 0.0956. The van der Waals surface area contributed by atoms with Gasteiger partial charge in [0.2, 0.25) is 5.56 Å². The number of hydrogen-bond acceptors (Lipinski definition) is 3. The van der Waals surface area contributed by atoms with E-state index >= 15 is 0 Å². The molecule has 1 amide bonds. The first-order valence-corrected chi connectivity index (χ1v) is 11.1. The van der Waals surface area contributed by atoms with Gasteiger partial charge in [-0.3, -0.25) is 14.6 Å². The summed E-state index contributed by atoms with van der Waals surface area (Å²) >= 11 is 0. The third-order valence-electron chi connectivity index (χ3n) is 6.26. The van der Waals surface area contributed by atoms with Crippen molar-refractivity contribution in [2.45, 2.75) is 39.2 Å². The standard InChI is InChI=1S/C27H29N3O2/c1-4-22-21-15-18(3)17-27(22,23-12-13-25(31)30-24(23)16-21)29-14-6-7-19-8-10-20(11-9-19)26(32)28-5-2/h4,6-15,21H,5,16-17H2,1-3H3,(H,28,32)(H,30,31)/b7-6?,22-4+,29-14?/t21-,27+/m0/s1. The number of aromatic nitrogens is 1. The highest BCUT2D eigenvalue weighted by Gasteiger charge is 2.46. The Balaban J connectivity index is 1.64. The molecule has 1 aromatic heterocycles. The first kappa shape index (κ1) is 21.8. The zero-order valence-electron chi connectivity index (χ0n) is 18.8. The molecule has 2 N–H and O–H groups in total. The van der Waals surface area contributed by atoms with Crippen LogP contribution in [0.4, 0.5) is 0 Å². The maximum atomic E-state index is 11.9. The normalized spacial score (nSPS) is 23.4. The average molecular weight is 428 g/mol. The number of hydrogen-bond donors (Lipinski definition) is 2. The molecule has 1 aromatic carbocycles. The van der Waals surface area contributed by atoms with Crippen molar-refractivity contribution in [3.8, 4) is 0 Å². The van der Waals surface area contributed by atoms with Crippen LogP contribution in [-0.4, -0.2) is 23.7 Å². The van der Waals surface area contributed by atoms with Gasteiger partial charge in [-0.1, -0.05) is 35.9 Å². The number of nitrogens with one attached hydrogen (secondary N) is 2. The molecule has 0 radical (unpaired) electrons. The second-order valence-corrected chi connectivity index (χ2v) is 8.44. The van der Waals surface area contributed by atoms with Gasteiger partial charge < -0.3 is 10.3 Å². The minimum Gasteiger partial charge on any atom is -0.352 e. The average Bonchev–Trinajstić information content (AvgIpc) is 2.76. The number of fused-ring (bicyclic) bond motifs is 4. The highest BCUT2D eigenvalue weighted by atomic mass is 16.1. The van der Waals surface area contributed by atoms with Crippen molar-refractivity contribution in [2.75, 3.05) is 6.54 Å². The summed E-state index contributed by atoms with van der Waals surface area (Å²) in [5, 5.41) is 2.80. The molecule has 0 fully saturated rings. The number of benzene rings is 1. The Kier molecular flexibility index (Phi) is 6.08. The number of carbonyl (C=O) groups is 1. The van der Waals surface area contributed by atoms with Crippen molar-refractivity contribution >= 4 is 18.2 Å². The molecule has 2 aliphatic carbocycles. The molecule has 1 heterocycles. The molecular formula is C27H29N3O2. The van der Waals surface area contributed by atoms with E-state index in [1.54, 1.807) is 6.07 Å². The lowest BCUT2D eigenvalue weighted by atomic mass is 9.63. The number of rotatable bonds is 5. The molecule has 0 unspecified atom stereocenters. The van der Waals surface area contributed by atoms with Gasteiger partial charge in [-0.2, -0.15) is 0 Å². The quantitative estimate of drug-likeness (QED) is 0.542. The van der Waals surface area contributed by atoms with E-state index in [1.165, 1.54) is 11.1 Å². The molecule has 0 aliphatic heterocycles. The van der Waals surface area contributed by atoms with E-state index in [2.05, 4.69) is 36.3 Å². The highest BCUT2D eigenvalue weighted by molar-refractivity contribution is 5.94. The van der Waals surface area contributed by atoms with Crippen LogP contribution in [-0.2, 0) is 12.0 Å². The second-order valence-electron chi connectivity index (χ2n) is 8.44. The van der Waals surface area contributed by atoms with Gasteiger partial charge >= 0.3 is 0 Å². The summed E-state index contributed by atoms with van der Waals surface area (Å²) in [6.45, 7) is 6.75. The van der Waals surface area contributed by atoms with E-state index in [9.17, 15) is 9.59 Å². The predicted octanol–water partition coefficient (Wildman–Crippen LogP) is 4.57. The fourth-order valence-corrected chi connectivity index (χ4v) is 4.98. The number of amides is 1. The van der Waals surface area contributed by atoms with E-state index in [4.69, 9.17) is 4.99 Å². The zero-order chi connectivity index (χ0) is 22.7. The summed E-state index contributed by atoms with van der Waals surface area (Å²) in [5.74, 6) is 0.189. The maximum Gasteiger partial charge on any atom is 0.251 e. The van der Waals surface area contributed by atoms with E-state index in [-0.39, 0.29) is 17.4 Å². The van der Waals surface area contributed by atoms with E-state index in [0.29, 0.717) is 12.1 Å². The molecule has 2 aromatic rings. The Morgan fingerprint density at radius 3 is 2.75 bits per heavy atom. The predicted molar refractivity (Wildman–Crippen MR) is 130 cm³/mol. The van der Waals surface area contributed by atoms with Crippen molar-refractivity contribution in [1.29, 1.82) is 0 Å². The highest BCUT2D eigenvalue weighted by Crippen LogP contribution is 2.51. The summed E-state index contributed by atoms with van der Waals surface area (Å²) in [7, 11) is 0. The molecule has 2 aliphatic rings. The Morgan fingerprint density at radius 2 is 2.03 bits per heavy atom. The van der Waals surface area contributed by atoms with E-state index in [1.807, 2.05) is 55.6 Å². The first-order valence-electron chi connectivity index (χ1n) is 11.1. The van der Waals surface area contributed by atoms with Gasteiger partial charge in [0, 0.05) is 48.0 Å². The Hall–Kier alpha value is -3.47. The summed E-state index contributed by atoms with van der Waals surface area (Å²) in [4.78, 5) is 32.0. The van der Waals surface area contributed by atoms with Crippen molar-refractivity contribution in [2.24, 2.45) is 10.9 Å². The smallest absolute Gasteiger partial charge is 0.251 e. The third kappa shape index (κ3) is 4.03.